The Hall–Kier alpha value is -2.25. The Balaban J connectivity index is 1.64. The Kier molecular flexibility index (Phi) is 6.70. The van der Waals surface area contributed by atoms with Gasteiger partial charge in [0.05, 0.1) is 11.9 Å². The number of anilines is 2. The number of aryl methyl sites for hydroxylation is 1. The summed E-state index contributed by atoms with van der Waals surface area (Å²) in [4.78, 5) is 14.8. The third-order valence-corrected chi connectivity index (χ3v) is 6.39. The molecule has 0 bridgehead atoms. The number of rotatable bonds is 7. The second-order valence-corrected chi connectivity index (χ2v) is 9.68. The van der Waals surface area contributed by atoms with Gasteiger partial charge >= 0.3 is 0 Å². The van der Waals surface area contributed by atoms with E-state index < -0.39 is 10.0 Å². The topological polar surface area (TPSA) is 69.7 Å². The average molecular weight is 436 g/mol. The summed E-state index contributed by atoms with van der Waals surface area (Å²) in [7, 11) is -3.64. The van der Waals surface area contributed by atoms with Crippen molar-refractivity contribution in [3.05, 3.63) is 58.6 Å². The fourth-order valence-electron chi connectivity index (χ4n) is 3.42. The number of amides is 1. The molecule has 1 saturated heterocycles. The van der Waals surface area contributed by atoms with Crippen LogP contribution in [0.3, 0.4) is 0 Å². The van der Waals surface area contributed by atoms with Gasteiger partial charge in [-0.2, -0.15) is 0 Å². The van der Waals surface area contributed by atoms with Crippen molar-refractivity contribution in [3.8, 4) is 0 Å². The van der Waals surface area contributed by atoms with Crippen LogP contribution >= 0.6 is 11.6 Å². The van der Waals surface area contributed by atoms with Gasteiger partial charge in [-0.15, -0.1) is 0 Å². The number of halogens is 1. The highest BCUT2D eigenvalue weighted by molar-refractivity contribution is 7.92. The maximum atomic E-state index is 12.5. The number of benzene rings is 2. The van der Waals surface area contributed by atoms with E-state index in [0.29, 0.717) is 17.3 Å². The van der Waals surface area contributed by atoms with Crippen molar-refractivity contribution < 1.29 is 13.2 Å². The van der Waals surface area contributed by atoms with Crippen molar-refractivity contribution >= 4 is 38.9 Å². The van der Waals surface area contributed by atoms with Gasteiger partial charge in [0, 0.05) is 30.3 Å². The summed E-state index contributed by atoms with van der Waals surface area (Å²) in [5, 5.41) is 3.22. The molecule has 1 aliphatic heterocycles. The van der Waals surface area contributed by atoms with Crippen LogP contribution in [0.1, 0.15) is 24.0 Å². The predicted molar refractivity (Wildman–Crippen MR) is 118 cm³/mol. The van der Waals surface area contributed by atoms with Crippen molar-refractivity contribution in [1.29, 1.82) is 0 Å². The average Bonchev–Trinajstić information content (AvgIpc) is 3.21. The molecule has 0 aliphatic carbocycles. The first kappa shape index (κ1) is 21.5. The maximum absolute atomic E-state index is 12.5. The maximum Gasteiger partial charge on any atom is 0.241 e. The molecule has 0 spiro atoms. The fraction of sp³-hybridized carbons (Fsp3) is 0.381. The number of nitrogens with zero attached hydrogens (tertiary/aromatic N) is 2. The first-order chi connectivity index (χ1) is 13.7. The molecular weight excluding hydrogens is 410 g/mol. The van der Waals surface area contributed by atoms with Crippen LogP contribution in [0.5, 0.6) is 0 Å². The summed E-state index contributed by atoms with van der Waals surface area (Å²) in [6.45, 7) is 3.99. The van der Waals surface area contributed by atoms with E-state index in [1.807, 2.05) is 12.1 Å². The minimum absolute atomic E-state index is 0.300. The lowest BCUT2D eigenvalue weighted by molar-refractivity contribution is -0.119. The lowest BCUT2D eigenvalue weighted by Crippen LogP contribution is -2.40. The molecule has 1 amide bonds. The van der Waals surface area contributed by atoms with Crippen LogP contribution in [-0.4, -0.2) is 40.2 Å². The molecule has 2 aromatic carbocycles. The van der Waals surface area contributed by atoms with Crippen LogP contribution in [0.15, 0.2) is 42.5 Å². The summed E-state index contributed by atoms with van der Waals surface area (Å²) in [6, 6.07) is 13.1. The molecule has 6 nitrogen and oxygen atoms in total. The van der Waals surface area contributed by atoms with Crippen molar-refractivity contribution in [1.82, 2.24) is 5.32 Å². The van der Waals surface area contributed by atoms with Crippen LogP contribution in [-0.2, 0) is 21.4 Å². The van der Waals surface area contributed by atoms with Crippen molar-refractivity contribution in [2.75, 3.05) is 35.1 Å². The van der Waals surface area contributed by atoms with Gasteiger partial charge in [0.1, 0.15) is 6.54 Å². The Labute approximate surface area is 177 Å². The molecule has 0 saturated carbocycles. The Morgan fingerprint density at radius 1 is 1.14 bits per heavy atom. The van der Waals surface area contributed by atoms with E-state index in [-0.39, 0.29) is 12.5 Å². The third-order valence-electron chi connectivity index (χ3n) is 5.02. The Morgan fingerprint density at radius 2 is 1.79 bits per heavy atom. The Bertz CT molecular complexity index is 971. The van der Waals surface area contributed by atoms with Gasteiger partial charge in [0.15, 0.2) is 0 Å². The van der Waals surface area contributed by atoms with Gasteiger partial charge in [-0.1, -0.05) is 29.8 Å². The van der Waals surface area contributed by atoms with Crippen LogP contribution in [0.2, 0.25) is 5.02 Å². The monoisotopic (exact) mass is 435 g/mol. The molecule has 0 radical (unpaired) electrons. The zero-order valence-electron chi connectivity index (χ0n) is 16.7. The standard InChI is InChI=1S/C21H26ClN3O3S/c1-16-5-8-18(22)13-20(16)25(29(2,27)28)15-21(26)23-14-17-6-9-19(10-7-17)24-11-3-4-12-24/h5-10,13H,3-4,11-12,14-15H2,1-2H3,(H,23,26). The number of hydrogen-bond acceptors (Lipinski definition) is 4. The van der Waals surface area contributed by atoms with Crippen LogP contribution in [0, 0.1) is 6.92 Å². The predicted octanol–water partition coefficient (Wildman–Crippen LogP) is 3.33. The minimum Gasteiger partial charge on any atom is -0.372 e. The number of carbonyl (C=O) groups is 1. The van der Waals surface area contributed by atoms with Gasteiger partial charge in [-0.3, -0.25) is 9.10 Å². The SMILES string of the molecule is Cc1ccc(Cl)cc1N(CC(=O)NCc1ccc(N2CCCC2)cc1)S(C)(=O)=O. The Morgan fingerprint density at radius 3 is 2.41 bits per heavy atom. The van der Waals surface area contributed by atoms with E-state index in [2.05, 4.69) is 22.3 Å². The van der Waals surface area contributed by atoms with Crippen molar-refractivity contribution in [2.45, 2.75) is 26.3 Å². The second-order valence-electron chi connectivity index (χ2n) is 7.34. The molecule has 0 atom stereocenters. The molecule has 1 heterocycles. The van der Waals surface area contributed by atoms with E-state index >= 15 is 0 Å². The van der Waals surface area contributed by atoms with E-state index in [4.69, 9.17) is 11.6 Å². The highest BCUT2D eigenvalue weighted by Crippen LogP contribution is 2.26. The van der Waals surface area contributed by atoms with Gasteiger partial charge < -0.3 is 10.2 Å². The summed E-state index contributed by atoms with van der Waals surface area (Å²) in [6.07, 6.45) is 3.53. The molecule has 1 aliphatic rings. The van der Waals surface area contributed by atoms with E-state index in [1.54, 1.807) is 25.1 Å². The largest absolute Gasteiger partial charge is 0.372 e. The van der Waals surface area contributed by atoms with Gasteiger partial charge in [0.2, 0.25) is 15.9 Å². The number of nitrogens with one attached hydrogen (secondary N) is 1. The lowest BCUT2D eigenvalue weighted by Gasteiger charge is -2.24. The summed E-state index contributed by atoms with van der Waals surface area (Å²) >= 11 is 6.02. The van der Waals surface area contributed by atoms with E-state index in [0.717, 1.165) is 34.8 Å². The minimum atomic E-state index is -3.64. The normalized spacial score (nSPS) is 14.1. The number of hydrogen-bond donors (Lipinski definition) is 1. The summed E-state index contributed by atoms with van der Waals surface area (Å²) in [5.74, 6) is -0.376. The van der Waals surface area contributed by atoms with Crippen LogP contribution in [0.4, 0.5) is 11.4 Å². The molecule has 8 heteroatoms. The third kappa shape index (κ3) is 5.64. The zero-order chi connectivity index (χ0) is 21.0. The summed E-state index contributed by atoms with van der Waals surface area (Å²) < 4.78 is 25.6. The first-order valence-corrected chi connectivity index (χ1v) is 11.8. The van der Waals surface area contributed by atoms with Gasteiger partial charge in [0.25, 0.3) is 0 Å². The molecular formula is C21H26ClN3O3S. The molecule has 1 fully saturated rings. The summed E-state index contributed by atoms with van der Waals surface area (Å²) in [5.41, 5.74) is 3.29. The quantitative estimate of drug-likeness (QED) is 0.724. The van der Waals surface area contributed by atoms with Crippen LogP contribution in [0.25, 0.3) is 0 Å². The van der Waals surface area contributed by atoms with Gasteiger partial charge in [-0.05, 0) is 55.2 Å². The highest BCUT2D eigenvalue weighted by atomic mass is 35.5. The molecule has 0 aromatic heterocycles. The first-order valence-electron chi connectivity index (χ1n) is 9.58. The lowest BCUT2D eigenvalue weighted by atomic mass is 10.2. The highest BCUT2D eigenvalue weighted by Gasteiger charge is 2.22. The van der Waals surface area contributed by atoms with Crippen LogP contribution < -0.4 is 14.5 Å². The molecule has 3 rings (SSSR count). The van der Waals surface area contributed by atoms with E-state index in [9.17, 15) is 13.2 Å². The number of sulfonamides is 1. The zero-order valence-corrected chi connectivity index (χ0v) is 18.3. The number of carbonyl (C=O) groups excluding carboxylic acids is 1. The fourth-order valence-corrected chi connectivity index (χ4v) is 4.49. The molecule has 2 aromatic rings. The smallest absolute Gasteiger partial charge is 0.241 e. The van der Waals surface area contributed by atoms with Gasteiger partial charge in [-0.25, -0.2) is 8.42 Å². The van der Waals surface area contributed by atoms with E-state index in [1.165, 1.54) is 18.5 Å². The molecule has 1 N–H and O–H groups in total. The molecule has 0 unspecified atom stereocenters. The van der Waals surface area contributed by atoms with Crippen molar-refractivity contribution in [3.63, 3.8) is 0 Å². The second kappa shape index (κ2) is 9.05. The molecule has 156 valence electrons. The van der Waals surface area contributed by atoms with Crippen molar-refractivity contribution in [2.24, 2.45) is 0 Å². The molecule has 29 heavy (non-hydrogen) atoms.